The number of hydrogen-bond donors (Lipinski definition) is 2. The maximum atomic E-state index is 11.8. The number of carbonyl (C=O) groups is 2. The van der Waals surface area contributed by atoms with E-state index in [2.05, 4.69) is 5.32 Å². The fourth-order valence-corrected chi connectivity index (χ4v) is 3.68. The van der Waals surface area contributed by atoms with Gasteiger partial charge in [0, 0.05) is 19.8 Å². The van der Waals surface area contributed by atoms with Crippen LogP contribution in [0.5, 0.6) is 0 Å². The Labute approximate surface area is 131 Å². The van der Waals surface area contributed by atoms with E-state index >= 15 is 0 Å². The van der Waals surface area contributed by atoms with Crippen molar-refractivity contribution < 1.29 is 27.9 Å². The Kier molecular flexibility index (Phi) is 7.28. The quantitative estimate of drug-likeness (QED) is 0.597. The fraction of sp³-hybridized carbons (Fsp3) is 0.857. The molecule has 0 radical (unpaired) electrons. The smallest absolute Gasteiger partial charge is 0.311 e. The second-order valence-corrected chi connectivity index (χ2v) is 7.96. The number of aliphatic carboxylic acids is 1. The van der Waals surface area contributed by atoms with Gasteiger partial charge in [-0.3, -0.25) is 9.59 Å². The molecule has 0 unspecified atom stereocenters. The molecule has 1 fully saturated rings. The Balaban J connectivity index is 2.48. The summed E-state index contributed by atoms with van der Waals surface area (Å²) in [5, 5.41) is 11.8. The van der Waals surface area contributed by atoms with Crippen molar-refractivity contribution in [3.05, 3.63) is 0 Å². The molecule has 1 heterocycles. The number of ether oxygens (including phenoxy) is 1. The number of unbranched alkanes of at least 4 members (excludes halogenated alkanes) is 2. The highest BCUT2D eigenvalue weighted by Gasteiger charge is 2.40. The fourth-order valence-electron chi connectivity index (χ4n) is 2.39. The van der Waals surface area contributed by atoms with Crippen molar-refractivity contribution in [3.8, 4) is 0 Å². The van der Waals surface area contributed by atoms with Crippen molar-refractivity contribution in [1.29, 1.82) is 0 Å². The molecule has 1 saturated heterocycles. The minimum atomic E-state index is -3.43. The zero-order chi connectivity index (χ0) is 16.6. The molecule has 1 rings (SSSR count). The molecule has 0 saturated carbocycles. The van der Waals surface area contributed by atoms with Crippen LogP contribution in [0.1, 0.15) is 39.0 Å². The summed E-state index contributed by atoms with van der Waals surface area (Å²) < 4.78 is 28.7. The first-order chi connectivity index (χ1) is 10.3. The molecule has 0 aliphatic carbocycles. The van der Waals surface area contributed by atoms with Gasteiger partial charge >= 0.3 is 5.97 Å². The van der Waals surface area contributed by atoms with Crippen LogP contribution in [0.15, 0.2) is 0 Å². The van der Waals surface area contributed by atoms with Crippen LogP contribution in [0.4, 0.5) is 0 Å². The van der Waals surface area contributed by atoms with Gasteiger partial charge in [-0.05, 0) is 19.3 Å². The largest absolute Gasteiger partial charge is 0.481 e. The molecule has 0 spiro atoms. The van der Waals surface area contributed by atoms with Gasteiger partial charge in [-0.2, -0.15) is 0 Å². The van der Waals surface area contributed by atoms with Gasteiger partial charge in [0.2, 0.25) is 5.91 Å². The number of hydrogen-bond acceptors (Lipinski definition) is 5. The SMILES string of the molecule is CCCCCS(=O)(=O)CC(=O)NCC1(C(=O)O)CCOCC1. The van der Waals surface area contributed by atoms with Crippen molar-refractivity contribution >= 4 is 21.7 Å². The minimum absolute atomic E-state index is 0.00776. The highest BCUT2D eigenvalue weighted by atomic mass is 32.2. The number of nitrogens with one attached hydrogen (secondary N) is 1. The van der Waals surface area contributed by atoms with Crippen molar-refractivity contribution in [2.24, 2.45) is 5.41 Å². The molecule has 0 atom stereocenters. The highest BCUT2D eigenvalue weighted by molar-refractivity contribution is 7.92. The van der Waals surface area contributed by atoms with E-state index in [4.69, 9.17) is 4.74 Å². The minimum Gasteiger partial charge on any atom is -0.481 e. The standard InChI is InChI=1S/C14H25NO6S/c1-2-3-4-9-22(19,20)10-12(16)15-11-14(13(17)18)5-7-21-8-6-14/h2-11H2,1H3,(H,15,16)(H,17,18). The lowest BCUT2D eigenvalue weighted by Crippen LogP contribution is -2.47. The van der Waals surface area contributed by atoms with Crippen LogP contribution >= 0.6 is 0 Å². The molecule has 7 nitrogen and oxygen atoms in total. The van der Waals surface area contributed by atoms with Gasteiger partial charge in [0.1, 0.15) is 5.75 Å². The molecule has 1 aliphatic rings. The van der Waals surface area contributed by atoms with E-state index < -0.39 is 32.9 Å². The summed E-state index contributed by atoms with van der Waals surface area (Å²) in [4.78, 5) is 23.2. The van der Waals surface area contributed by atoms with Gasteiger partial charge in [-0.1, -0.05) is 19.8 Å². The summed E-state index contributed by atoms with van der Waals surface area (Å²) in [7, 11) is -3.43. The van der Waals surface area contributed by atoms with E-state index in [1.165, 1.54) is 0 Å². The third kappa shape index (κ3) is 5.92. The van der Waals surface area contributed by atoms with Gasteiger partial charge in [0.05, 0.1) is 11.2 Å². The number of sulfone groups is 1. The second kappa shape index (κ2) is 8.47. The van der Waals surface area contributed by atoms with Crippen molar-refractivity contribution in [3.63, 3.8) is 0 Å². The summed E-state index contributed by atoms with van der Waals surface area (Å²) in [6.07, 6.45) is 2.88. The Hall–Kier alpha value is -1.15. The molecule has 0 bridgehead atoms. The number of rotatable bonds is 9. The number of carbonyl (C=O) groups excluding carboxylic acids is 1. The third-order valence-corrected chi connectivity index (χ3v) is 5.55. The van der Waals surface area contributed by atoms with Gasteiger partial charge in [-0.25, -0.2) is 8.42 Å². The Morgan fingerprint density at radius 3 is 2.41 bits per heavy atom. The van der Waals surface area contributed by atoms with Crippen LogP contribution < -0.4 is 5.32 Å². The average molecular weight is 335 g/mol. The molecule has 1 amide bonds. The summed E-state index contributed by atoms with van der Waals surface area (Å²) in [5.41, 5.74) is -1.06. The van der Waals surface area contributed by atoms with Gasteiger partial charge in [0.25, 0.3) is 0 Å². The van der Waals surface area contributed by atoms with Crippen LogP contribution in [0.2, 0.25) is 0 Å². The van der Waals surface area contributed by atoms with Gasteiger partial charge < -0.3 is 15.2 Å². The molecule has 128 valence electrons. The first-order valence-corrected chi connectivity index (χ1v) is 9.42. The van der Waals surface area contributed by atoms with Crippen LogP contribution in [-0.2, 0) is 24.2 Å². The molecule has 22 heavy (non-hydrogen) atoms. The van der Waals surface area contributed by atoms with Crippen LogP contribution in [-0.4, -0.2) is 56.7 Å². The van der Waals surface area contributed by atoms with E-state index in [0.29, 0.717) is 32.5 Å². The lowest BCUT2D eigenvalue weighted by atomic mass is 9.80. The van der Waals surface area contributed by atoms with E-state index in [1.807, 2.05) is 6.92 Å². The lowest BCUT2D eigenvalue weighted by molar-refractivity contribution is -0.154. The predicted octanol–water partition coefficient (Wildman–Crippen LogP) is 0.589. The molecule has 2 N–H and O–H groups in total. The summed E-state index contributed by atoms with van der Waals surface area (Å²) in [6.45, 7) is 2.57. The van der Waals surface area contributed by atoms with Gasteiger partial charge in [-0.15, -0.1) is 0 Å². The highest BCUT2D eigenvalue weighted by Crippen LogP contribution is 2.30. The van der Waals surface area contributed by atoms with Crippen LogP contribution in [0.25, 0.3) is 0 Å². The molecule has 0 aromatic carbocycles. The summed E-state index contributed by atoms with van der Waals surface area (Å²) in [6, 6.07) is 0. The average Bonchev–Trinajstić information content (AvgIpc) is 2.45. The lowest BCUT2D eigenvalue weighted by Gasteiger charge is -2.33. The van der Waals surface area contributed by atoms with Crippen LogP contribution in [0, 0.1) is 5.41 Å². The third-order valence-electron chi connectivity index (χ3n) is 3.94. The Morgan fingerprint density at radius 1 is 1.23 bits per heavy atom. The summed E-state index contributed by atoms with van der Waals surface area (Å²) in [5.74, 6) is -2.21. The predicted molar refractivity (Wildman–Crippen MR) is 81.3 cm³/mol. The monoisotopic (exact) mass is 335 g/mol. The zero-order valence-corrected chi connectivity index (χ0v) is 13.8. The first-order valence-electron chi connectivity index (χ1n) is 7.59. The second-order valence-electron chi connectivity index (χ2n) is 5.77. The topological polar surface area (TPSA) is 110 Å². The Morgan fingerprint density at radius 2 is 1.86 bits per heavy atom. The molecular weight excluding hydrogens is 310 g/mol. The van der Waals surface area contributed by atoms with E-state index in [9.17, 15) is 23.1 Å². The zero-order valence-electron chi connectivity index (χ0n) is 13.0. The molecule has 0 aromatic heterocycles. The number of carboxylic acids is 1. The van der Waals surface area contributed by atoms with E-state index in [-0.39, 0.29) is 12.3 Å². The van der Waals surface area contributed by atoms with Crippen LogP contribution in [0.3, 0.4) is 0 Å². The molecule has 1 aliphatic heterocycles. The first kappa shape index (κ1) is 18.9. The van der Waals surface area contributed by atoms with E-state index in [0.717, 1.165) is 12.8 Å². The molecule has 0 aromatic rings. The van der Waals surface area contributed by atoms with Gasteiger partial charge in [0.15, 0.2) is 9.84 Å². The maximum absolute atomic E-state index is 11.8. The number of carboxylic acid groups (broad SMARTS) is 1. The van der Waals surface area contributed by atoms with Crippen molar-refractivity contribution in [2.75, 3.05) is 31.3 Å². The molecular formula is C14H25NO6S. The number of amides is 1. The van der Waals surface area contributed by atoms with Crippen molar-refractivity contribution in [2.45, 2.75) is 39.0 Å². The van der Waals surface area contributed by atoms with E-state index in [1.54, 1.807) is 0 Å². The van der Waals surface area contributed by atoms with Crippen molar-refractivity contribution in [1.82, 2.24) is 5.32 Å². The maximum Gasteiger partial charge on any atom is 0.311 e. The normalized spacial score (nSPS) is 17.9. The molecule has 8 heteroatoms. The summed E-state index contributed by atoms with van der Waals surface area (Å²) >= 11 is 0. The Bertz CT molecular complexity index is 482.